The number of rotatable bonds is 3. The molecule has 5 heteroatoms. The molecule has 0 amide bonds. The maximum absolute atomic E-state index is 6.13. The second-order valence-electron chi connectivity index (χ2n) is 7.03. The SMILES string of the molecule is Cc1cc(N)cc(C)c1C=C(CS)B1OC(C)(C)C(C)(C)O1. The first-order valence-corrected chi connectivity index (χ1v) is 8.24. The Balaban J connectivity index is 2.38. The Hall–Kier alpha value is -0.905. The molecular formula is C17H26BNO2S. The van der Waals surface area contributed by atoms with Crippen molar-refractivity contribution >= 4 is 31.5 Å². The van der Waals surface area contributed by atoms with Crippen LogP contribution < -0.4 is 5.73 Å². The fourth-order valence-corrected chi connectivity index (χ4v) is 2.84. The molecule has 0 unspecified atom stereocenters. The number of aryl methyl sites for hydroxylation is 2. The first kappa shape index (κ1) is 17.4. The summed E-state index contributed by atoms with van der Waals surface area (Å²) in [5.41, 5.74) is 10.5. The minimum absolute atomic E-state index is 0.342. The zero-order valence-corrected chi connectivity index (χ0v) is 15.3. The third-order valence-corrected chi connectivity index (χ3v) is 5.05. The van der Waals surface area contributed by atoms with E-state index in [1.807, 2.05) is 12.1 Å². The molecule has 1 aromatic carbocycles. The molecule has 3 nitrogen and oxygen atoms in total. The first-order valence-electron chi connectivity index (χ1n) is 7.61. The van der Waals surface area contributed by atoms with Crippen molar-refractivity contribution in [3.8, 4) is 0 Å². The fraction of sp³-hybridized carbons (Fsp3) is 0.529. The van der Waals surface area contributed by atoms with Gasteiger partial charge < -0.3 is 15.0 Å². The van der Waals surface area contributed by atoms with Gasteiger partial charge in [0.2, 0.25) is 0 Å². The van der Waals surface area contributed by atoms with E-state index in [9.17, 15) is 0 Å². The highest BCUT2D eigenvalue weighted by Gasteiger charge is 2.52. The standard InChI is InChI=1S/C17H26BNO2S/c1-11-7-14(19)8-12(2)15(11)9-13(10-22)18-20-16(3,4)17(5,6)21-18/h7-9,22H,10,19H2,1-6H3. The molecule has 120 valence electrons. The van der Waals surface area contributed by atoms with Gasteiger partial charge in [-0.15, -0.1) is 0 Å². The zero-order valence-electron chi connectivity index (χ0n) is 14.4. The summed E-state index contributed by atoms with van der Waals surface area (Å²) in [6.07, 6.45) is 2.12. The van der Waals surface area contributed by atoms with Gasteiger partial charge in [-0.2, -0.15) is 12.6 Å². The van der Waals surface area contributed by atoms with Crippen molar-refractivity contribution in [1.29, 1.82) is 0 Å². The molecule has 22 heavy (non-hydrogen) atoms. The van der Waals surface area contributed by atoms with Crippen LogP contribution in [0.4, 0.5) is 5.69 Å². The van der Waals surface area contributed by atoms with Gasteiger partial charge in [0.15, 0.2) is 0 Å². The third-order valence-electron chi connectivity index (χ3n) is 4.68. The van der Waals surface area contributed by atoms with E-state index in [4.69, 9.17) is 15.0 Å². The predicted molar refractivity (Wildman–Crippen MR) is 98.2 cm³/mol. The van der Waals surface area contributed by atoms with E-state index in [1.54, 1.807) is 0 Å². The zero-order chi connectivity index (χ0) is 16.7. The lowest BCUT2D eigenvalue weighted by Crippen LogP contribution is -2.41. The maximum atomic E-state index is 6.13. The van der Waals surface area contributed by atoms with Crippen LogP contribution in [-0.4, -0.2) is 24.1 Å². The molecule has 1 aromatic rings. The lowest BCUT2D eigenvalue weighted by atomic mass is 9.77. The lowest BCUT2D eigenvalue weighted by molar-refractivity contribution is 0.00578. The average molecular weight is 319 g/mol. The molecule has 2 rings (SSSR count). The van der Waals surface area contributed by atoms with Gasteiger partial charge in [0.05, 0.1) is 11.2 Å². The molecule has 0 bridgehead atoms. The predicted octanol–water partition coefficient (Wildman–Crippen LogP) is 3.83. The Morgan fingerprint density at radius 2 is 1.59 bits per heavy atom. The number of nitrogens with two attached hydrogens (primary N) is 1. The van der Waals surface area contributed by atoms with Crippen molar-refractivity contribution in [1.82, 2.24) is 0 Å². The van der Waals surface area contributed by atoms with E-state index in [0.29, 0.717) is 5.75 Å². The Labute approximate surface area is 139 Å². The number of hydrogen-bond donors (Lipinski definition) is 2. The molecule has 0 atom stereocenters. The van der Waals surface area contributed by atoms with E-state index in [-0.39, 0.29) is 18.3 Å². The number of benzene rings is 1. The van der Waals surface area contributed by atoms with E-state index in [0.717, 1.165) is 27.9 Å². The van der Waals surface area contributed by atoms with Crippen LogP contribution in [0.15, 0.2) is 17.6 Å². The van der Waals surface area contributed by atoms with E-state index in [2.05, 4.69) is 60.2 Å². The van der Waals surface area contributed by atoms with Crippen molar-refractivity contribution in [2.24, 2.45) is 0 Å². The summed E-state index contributed by atoms with van der Waals surface area (Å²) in [5, 5.41) is 0. The molecule has 1 saturated heterocycles. The van der Waals surface area contributed by atoms with Gasteiger partial charge in [0, 0.05) is 11.4 Å². The Morgan fingerprint density at radius 3 is 2.00 bits per heavy atom. The minimum atomic E-state index is -0.362. The molecule has 0 aromatic heterocycles. The molecule has 1 aliphatic heterocycles. The smallest absolute Gasteiger partial charge is 0.400 e. The van der Waals surface area contributed by atoms with Crippen molar-refractivity contribution in [3.63, 3.8) is 0 Å². The van der Waals surface area contributed by atoms with Crippen LogP contribution in [0.25, 0.3) is 6.08 Å². The van der Waals surface area contributed by atoms with Crippen LogP contribution in [0.5, 0.6) is 0 Å². The van der Waals surface area contributed by atoms with Crippen molar-refractivity contribution < 1.29 is 9.31 Å². The average Bonchev–Trinajstić information content (AvgIpc) is 2.57. The highest BCUT2D eigenvalue weighted by Crippen LogP contribution is 2.39. The first-order chi connectivity index (χ1) is 10.1. The van der Waals surface area contributed by atoms with E-state index < -0.39 is 0 Å². The second-order valence-corrected chi connectivity index (χ2v) is 7.35. The monoisotopic (exact) mass is 319 g/mol. The normalized spacial score (nSPS) is 20.5. The summed E-state index contributed by atoms with van der Waals surface area (Å²) >= 11 is 4.47. The molecule has 1 fully saturated rings. The quantitative estimate of drug-likeness (QED) is 0.505. The van der Waals surface area contributed by atoms with Crippen molar-refractivity contribution in [3.05, 3.63) is 34.3 Å². The van der Waals surface area contributed by atoms with Crippen LogP contribution >= 0.6 is 12.6 Å². The molecular weight excluding hydrogens is 293 g/mol. The van der Waals surface area contributed by atoms with Gasteiger partial charge in [0.1, 0.15) is 0 Å². The Bertz CT molecular complexity index is 572. The minimum Gasteiger partial charge on any atom is -0.400 e. The summed E-state index contributed by atoms with van der Waals surface area (Å²) in [6, 6.07) is 3.97. The molecule has 1 heterocycles. The van der Waals surface area contributed by atoms with Crippen LogP contribution in [0.3, 0.4) is 0 Å². The number of nitrogen functional groups attached to an aromatic ring is 1. The number of anilines is 1. The summed E-state index contributed by atoms with van der Waals surface area (Å²) < 4.78 is 12.3. The fourth-order valence-electron chi connectivity index (χ4n) is 2.60. The van der Waals surface area contributed by atoms with Gasteiger partial charge in [-0.25, -0.2) is 0 Å². The van der Waals surface area contributed by atoms with Crippen LogP contribution in [0, 0.1) is 13.8 Å². The molecule has 0 saturated carbocycles. The summed E-state index contributed by atoms with van der Waals surface area (Å²) in [4.78, 5) is 0. The molecule has 0 spiro atoms. The third kappa shape index (κ3) is 3.22. The van der Waals surface area contributed by atoms with E-state index >= 15 is 0 Å². The molecule has 1 aliphatic rings. The summed E-state index contributed by atoms with van der Waals surface area (Å²) in [7, 11) is -0.362. The van der Waals surface area contributed by atoms with E-state index in [1.165, 1.54) is 0 Å². The molecule has 0 radical (unpaired) electrons. The topological polar surface area (TPSA) is 44.5 Å². The second kappa shape index (κ2) is 5.95. The van der Waals surface area contributed by atoms with Crippen molar-refractivity contribution in [2.45, 2.75) is 52.7 Å². The number of thiol groups is 1. The van der Waals surface area contributed by atoms with Gasteiger partial charge >= 0.3 is 7.12 Å². The van der Waals surface area contributed by atoms with Gasteiger partial charge in [0.25, 0.3) is 0 Å². The van der Waals surface area contributed by atoms with Crippen LogP contribution in [0.2, 0.25) is 0 Å². The Kier molecular flexibility index (Phi) is 4.72. The lowest BCUT2D eigenvalue weighted by Gasteiger charge is -2.32. The highest BCUT2D eigenvalue weighted by molar-refractivity contribution is 7.80. The van der Waals surface area contributed by atoms with Crippen LogP contribution in [-0.2, 0) is 9.31 Å². The largest absolute Gasteiger partial charge is 0.491 e. The van der Waals surface area contributed by atoms with Gasteiger partial charge in [-0.05, 0) is 75.8 Å². The van der Waals surface area contributed by atoms with Crippen LogP contribution in [0.1, 0.15) is 44.4 Å². The Morgan fingerprint density at radius 1 is 1.14 bits per heavy atom. The summed E-state index contributed by atoms with van der Waals surface area (Å²) in [5.74, 6) is 0.583. The molecule has 2 N–H and O–H groups in total. The molecule has 0 aliphatic carbocycles. The van der Waals surface area contributed by atoms with Gasteiger partial charge in [-0.1, -0.05) is 6.08 Å². The maximum Gasteiger partial charge on any atom is 0.491 e. The summed E-state index contributed by atoms with van der Waals surface area (Å²) in [6.45, 7) is 12.4. The van der Waals surface area contributed by atoms with Gasteiger partial charge in [-0.3, -0.25) is 0 Å². The highest BCUT2D eigenvalue weighted by atomic mass is 32.1. The number of hydrogen-bond acceptors (Lipinski definition) is 4. The van der Waals surface area contributed by atoms with Crippen molar-refractivity contribution in [2.75, 3.05) is 11.5 Å².